The monoisotopic (exact) mass is 304 g/mol. The van der Waals surface area contributed by atoms with Gasteiger partial charge < -0.3 is 5.11 Å². The number of benzene rings is 1. The molecule has 1 aromatic carbocycles. The van der Waals surface area contributed by atoms with E-state index in [1.54, 1.807) is 0 Å². The Hall–Kier alpha value is -2.09. The number of carboxylic acid groups (broad SMARTS) is 1. The smallest absolute Gasteiger partial charge is 0.416 e. The zero-order chi connectivity index (χ0) is 15.1. The molecule has 1 aliphatic heterocycles. The summed E-state index contributed by atoms with van der Waals surface area (Å²) in [5.41, 5.74) is -1.91. The second-order valence-corrected chi connectivity index (χ2v) is 5.69. The van der Waals surface area contributed by atoms with Crippen LogP contribution in [0.1, 0.15) is 11.1 Å². The molecule has 1 N–H and O–H groups in total. The molecule has 0 bridgehead atoms. The van der Waals surface area contributed by atoms with E-state index in [0.29, 0.717) is 16.9 Å². The Morgan fingerprint density at radius 1 is 1.15 bits per heavy atom. The van der Waals surface area contributed by atoms with E-state index in [0.717, 1.165) is 12.1 Å². The van der Waals surface area contributed by atoms with E-state index in [4.69, 9.17) is 5.11 Å². The van der Waals surface area contributed by atoms with E-state index < -0.39 is 33.1 Å². The third-order valence-electron chi connectivity index (χ3n) is 2.59. The Balaban J connectivity index is 2.58. The highest BCUT2D eigenvalue weighted by Crippen LogP contribution is 2.35. The number of hydrogen-bond donors (Lipinski definition) is 1. The van der Waals surface area contributed by atoms with Gasteiger partial charge in [0.1, 0.15) is 0 Å². The summed E-state index contributed by atoms with van der Waals surface area (Å²) in [6, 6.07) is 3.84. The van der Waals surface area contributed by atoms with Gasteiger partial charge in [0.15, 0.2) is 9.84 Å². The molecular weight excluding hydrogens is 297 g/mol. The summed E-state index contributed by atoms with van der Waals surface area (Å²) in [5, 5.41) is 10.1. The fourth-order valence-corrected chi connectivity index (χ4v) is 2.96. The van der Waals surface area contributed by atoms with E-state index in [1.165, 1.54) is 6.07 Å². The molecular formula is C12H7F3O4S. The van der Waals surface area contributed by atoms with Crippen molar-refractivity contribution in [3.8, 4) is 0 Å². The van der Waals surface area contributed by atoms with Crippen LogP contribution >= 0.6 is 0 Å². The summed E-state index contributed by atoms with van der Waals surface area (Å²) < 4.78 is 60.5. The standard InChI is InChI=1S/C12H7F3O4S/c13-12(14,15)8-3-1-2-7(4-8)9-5-20(18,19)6-10(9)11(16)17/h1-6H,(H,16,17). The van der Waals surface area contributed by atoms with E-state index in [9.17, 15) is 26.4 Å². The first-order chi connectivity index (χ1) is 9.10. The van der Waals surface area contributed by atoms with Crippen LogP contribution in [0, 0.1) is 0 Å². The van der Waals surface area contributed by atoms with Crippen LogP contribution in [0.3, 0.4) is 0 Å². The van der Waals surface area contributed by atoms with Gasteiger partial charge in [0.25, 0.3) is 0 Å². The topological polar surface area (TPSA) is 71.4 Å². The van der Waals surface area contributed by atoms with Crippen LogP contribution in [-0.4, -0.2) is 19.5 Å². The molecule has 4 nitrogen and oxygen atoms in total. The zero-order valence-corrected chi connectivity index (χ0v) is 10.5. The van der Waals surface area contributed by atoms with Gasteiger partial charge in [0.2, 0.25) is 0 Å². The van der Waals surface area contributed by atoms with Crippen LogP contribution < -0.4 is 0 Å². The van der Waals surface area contributed by atoms with Crippen LogP contribution in [0.4, 0.5) is 13.2 Å². The van der Waals surface area contributed by atoms with Gasteiger partial charge in [-0.2, -0.15) is 13.2 Å². The number of carbonyl (C=O) groups is 1. The predicted molar refractivity (Wildman–Crippen MR) is 64.1 cm³/mol. The summed E-state index contributed by atoms with van der Waals surface area (Å²) in [6.45, 7) is 0. The van der Waals surface area contributed by atoms with Crippen molar-refractivity contribution in [3.63, 3.8) is 0 Å². The lowest BCUT2D eigenvalue weighted by molar-refractivity contribution is -0.137. The van der Waals surface area contributed by atoms with Crippen LogP contribution in [0.5, 0.6) is 0 Å². The van der Waals surface area contributed by atoms with Gasteiger partial charge in [-0.25, -0.2) is 13.2 Å². The van der Waals surface area contributed by atoms with Crippen molar-refractivity contribution < 1.29 is 31.5 Å². The Morgan fingerprint density at radius 3 is 2.35 bits per heavy atom. The first-order valence-corrected chi connectivity index (χ1v) is 6.81. The van der Waals surface area contributed by atoms with Crippen molar-refractivity contribution in [3.05, 3.63) is 51.8 Å². The lowest BCUT2D eigenvalue weighted by Gasteiger charge is -2.09. The molecule has 0 aromatic heterocycles. The maximum atomic E-state index is 12.6. The highest BCUT2D eigenvalue weighted by atomic mass is 32.2. The molecule has 8 heteroatoms. The average Bonchev–Trinajstić information content (AvgIpc) is 2.65. The van der Waals surface area contributed by atoms with E-state index in [1.807, 2.05) is 0 Å². The number of hydrogen-bond acceptors (Lipinski definition) is 3. The van der Waals surface area contributed by atoms with Crippen LogP contribution in [0.25, 0.3) is 5.57 Å². The van der Waals surface area contributed by atoms with Crippen molar-refractivity contribution in [2.45, 2.75) is 6.18 Å². The van der Waals surface area contributed by atoms with Crippen molar-refractivity contribution in [2.75, 3.05) is 0 Å². The third kappa shape index (κ3) is 2.74. The molecule has 1 aliphatic rings. The van der Waals surface area contributed by atoms with E-state index in [-0.39, 0.29) is 11.1 Å². The number of aliphatic carboxylic acids is 1. The molecule has 0 aliphatic carbocycles. The zero-order valence-electron chi connectivity index (χ0n) is 9.68. The molecule has 0 radical (unpaired) electrons. The lowest BCUT2D eigenvalue weighted by Crippen LogP contribution is -2.06. The molecule has 106 valence electrons. The highest BCUT2D eigenvalue weighted by molar-refractivity contribution is 7.97. The van der Waals surface area contributed by atoms with Crippen LogP contribution in [-0.2, 0) is 20.8 Å². The van der Waals surface area contributed by atoms with Gasteiger partial charge in [-0.3, -0.25) is 0 Å². The molecule has 0 atom stereocenters. The number of rotatable bonds is 2. The van der Waals surface area contributed by atoms with Crippen molar-refractivity contribution in [2.24, 2.45) is 0 Å². The highest BCUT2D eigenvalue weighted by Gasteiger charge is 2.32. The van der Waals surface area contributed by atoms with Crippen molar-refractivity contribution in [1.29, 1.82) is 0 Å². The second kappa shape index (κ2) is 4.48. The van der Waals surface area contributed by atoms with Crippen molar-refractivity contribution >= 4 is 21.4 Å². The maximum Gasteiger partial charge on any atom is 0.416 e. The number of sulfone groups is 1. The van der Waals surface area contributed by atoms with E-state index in [2.05, 4.69) is 0 Å². The first-order valence-electron chi connectivity index (χ1n) is 5.20. The summed E-state index contributed by atoms with van der Waals surface area (Å²) >= 11 is 0. The Labute approximate surface area is 111 Å². The summed E-state index contributed by atoms with van der Waals surface area (Å²) in [6.07, 6.45) is -4.60. The summed E-state index contributed by atoms with van der Waals surface area (Å²) in [5.74, 6) is -1.52. The number of alkyl halides is 3. The molecule has 0 spiro atoms. The lowest BCUT2D eigenvalue weighted by atomic mass is 9.99. The van der Waals surface area contributed by atoms with Gasteiger partial charge in [-0.15, -0.1) is 0 Å². The minimum atomic E-state index is -4.60. The number of carboxylic acids is 1. The summed E-state index contributed by atoms with van der Waals surface area (Å²) in [7, 11) is -3.87. The van der Waals surface area contributed by atoms with Gasteiger partial charge in [0.05, 0.1) is 16.5 Å². The fourth-order valence-electron chi connectivity index (χ4n) is 1.74. The first kappa shape index (κ1) is 14.3. The third-order valence-corrected chi connectivity index (χ3v) is 3.71. The van der Waals surface area contributed by atoms with Gasteiger partial charge in [-0.05, 0) is 17.7 Å². The largest absolute Gasteiger partial charge is 0.478 e. The molecule has 0 amide bonds. The average molecular weight is 304 g/mol. The SMILES string of the molecule is O=C(O)C1=CS(=O)(=O)C=C1c1cccc(C(F)(F)F)c1. The Morgan fingerprint density at radius 2 is 1.80 bits per heavy atom. The summed E-state index contributed by atoms with van der Waals surface area (Å²) in [4.78, 5) is 11.0. The van der Waals surface area contributed by atoms with Gasteiger partial charge in [-0.1, -0.05) is 12.1 Å². The molecule has 1 aromatic rings. The van der Waals surface area contributed by atoms with Crippen LogP contribution in [0.2, 0.25) is 0 Å². The van der Waals surface area contributed by atoms with Crippen LogP contribution in [0.15, 0.2) is 40.7 Å². The molecule has 0 saturated heterocycles. The maximum absolute atomic E-state index is 12.6. The predicted octanol–water partition coefficient (Wildman–Crippen LogP) is 2.44. The van der Waals surface area contributed by atoms with E-state index >= 15 is 0 Å². The molecule has 0 saturated carbocycles. The Kier molecular flexibility index (Phi) is 3.21. The van der Waals surface area contributed by atoms with Gasteiger partial charge >= 0.3 is 12.1 Å². The van der Waals surface area contributed by atoms with Gasteiger partial charge in [0, 0.05) is 11.0 Å². The minimum Gasteiger partial charge on any atom is -0.478 e. The molecule has 2 rings (SSSR count). The molecule has 0 fully saturated rings. The number of halogens is 3. The normalized spacial score (nSPS) is 17.6. The molecule has 20 heavy (non-hydrogen) atoms. The second-order valence-electron chi connectivity index (χ2n) is 4.04. The molecule has 0 unspecified atom stereocenters. The fraction of sp³-hybridized carbons (Fsp3) is 0.0833. The quantitative estimate of drug-likeness (QED) is 0.911. The minimum absolute atomic E-state index is 0.116. The molecule has 1 heterocycles. The van der Waals surface area contributed by atoms with Crippen molar-refractivity contribution in [1.82, 2.24) is 0 Å². The Bertz CT molecular complexity index is 742.